The van der Waals surface area contributed by atoms with Gasteiger partial charge in [-0.25, -0.2) is 4.98 Å². The Labute approximate surface area is 166 Å². The van der Waals surface area contributed by atoms with E-state index in [0.717, 1.165) is 43.0 Å². The highest BCUT2D eigenvalue weighted by Crippen LogP contribution is 2.38. The molecule has 0 bridgehead atoms. The van der Waals surface area contributed by atoms with E-state index in [1.54, 1.807) is 18.0 Å². The number of aromatic nitrogens is 3. The number of aryl methyl sites for hydroxylation is 2. The number of carbonyl (C=O) groups excluding carboxylic acids is 1. The molecule has 150 valence electrons. The second-order valence-corrected chi connectivity index (χ2v) is 8.12. The Bertz CT molecular complexity index is 821. The van der Waals surface area contributed by atoms with Crippen molar-refractivity contribution in [3.05, 3.63) is 41.9 Å². The predicted octanol–water partition coefficient (Wildman–Crippen LogP) is 2.03. The van der Waals surface area contributed by atoms with Gasteiger partial charge in [-0.3, -0.25) is 9.48 Å². The Balaban J connectivity index is 1.40. The summed E-state index contributed by atoms with van der Waals surface area (Å²) in [6, 6.07) is 6.11. The van der Waals surface area contributed by atoms with Crippen molar-refractivity contribution in [1.82, 2.24) is 19.7 Å². The monoisotopic (exact) mass is 383 g/mol. The average molecular weight is 383 g/mol. The number of nitrogens with zero attached hydrogens (tertiary/aromatic N) is 4. The van der Waals surface area contributed by atoms with Crippen LogP contribution in [0.3, 0.4) is 0 Å². The molecule has 2 aliphatic rings. The van der Waals surface area contributed by atoms with Crippen molar-refractivity contribution in [2.24, 2.45) is 18.9 Å². The molecule has 1 N–H and O–H groups in total. The third kappa shape index (κ3) is 3.90. The lowest BCUT2D eigenvalue weighted by atomic mass is 9.77. The number of methoxy groups -OCH3 is 1. The summed E-state index contributed by atoms with van der Waals surface area (Å²) in [7, 11) is 3.67. The van der Waals surface area contributed by atoms with Crippen molar-refractivity contribution in [3.63, 3.8) is 0 Å². The summed E-state index contributed by atoms with van der Waals surface area (Å²) < 4.78 is 7.57. The fourth-order valence-electron chi connectivity index (χ4n) is 4.76. The molecule has 1 amide bonds. The second kappa shape index (κ2) is 7.91. The zero-order valence-corrected chi connectivity index (χ0v) is 16.8. The van der Waals surface area contributed by atoms with Crippen LogP contribution in [0.1, 0.15) is 24.1 Å². The lowest BCUT2D eigenvalue weighted by Gasteiger charge is -2.37. The number of amides is 1. The Hall–Kier alpha value is -2.41. The van der Waals surface area contributed by atoms with Gasteiger partial charge in [0.2, 0.25) is 5.91 Å². The molecule has 1 aliphatic heterocycles. The molecule has 2 aromatic rings. The minimum absolute atomic E-state index is 0.138. The molecule has 0 radical (unpaired) electrons. The Morgan fingerprint density at radius 1 is 1.29 bits per heavy atom. The number of rotatable bonds is 5. The van der Waals surface area contributed by atoms with Crippen molar-refractivity contribution >= 4 is 11.7 Å². The van der Waals surface area contributed by atoms with Gasteiger partial charge in [-0.1, -0.05) is 6.07 Å². The van der Waals surface area contributed by atoms with Gasteiger partial charge in [0.15, 0.2) is 0 Å². The van der Waals surface area contributed by atoms with Crippen molar-refractivity contribution in [3.8, 4) is 0 Å². The molecule has 28 heavy (non-hydrogen) atoms. The van der Waals surface area contributed by atoms with Crippen molar-refractivity contribution in [1.29, 1.82) is 0 Å². The first kappa shape index (κ1) is 18.9. The molecule has 1 saturated heterocycles. The maximum atomic E-state index is 12.9. The third-order valence-corrected chi connectivity index (χ3v) is 6.23. The molecule has 7 nitrogen and oxygen atoms in total. The SMILES string of the molecule is CO[C@@H]1C[C@H]2CN(C(=O)Cc3cn(C)nc3C)C[C@H]2C[C@H]1Nc1ccccn1. The number of pyridine rings is 1. The van der Waals surface area contributed by atoms with Gasteiger partial charge in [-0.05, 0) is 43.7 Å². The summed E-state index contributed by atoms with van der Waals surface area (Å²) >= 11 is 0. The lowest BCUT2D eigenvalue weighted by Crippen LogP contribution is -2.44. The van der Waals surface area contributed by atoms with Crippen LogP contribution in [-0.2, 0) is 23.0 Å². The van der Waals surface area contributed by atoms with Crippen LogP contribution in [0.25, 0.3) is 0 Å². The van der Waals surface area contributed by atoms with E-state index in [-0.39, 0.29) is 18.1 Å². The number of anilines is 1. The van der Waals surface area contributed by atoms with E-state index in [2.05, 4.69) is 15.4 Å². The molecule has 2 aromatic heterocycles. The van der Waals surface area contributed by atoms with Gasteiger partial charge in [0.05, 0.1) is 24.3 Å². The fraction of sp³-hybridized carbons (Fsp3) is 0.571. The summed E-state index contributed by atoms with van der Waals surface area (Å²) in [5.41, 5.74) is 1.96. The number of ether oxygens (including phenoxy) is 1. The van der Waals surface area contributed by atoms with E-state index in [1.807, 2.05) is 43.3 Å². The van der Waals surface area contributed by atoms with Crippen LogP contribution in [0, 0.1) is 18.8 Å². The van der Waals surface area contributed by atoms with Gasteiger partial charge in [0.25, 0.3) is 0 Å². The molecule has 0 spiro atoms. The van der Waals surface area contributed by atoms with Crippen LogP contribution in [0.15, 0.2) is 30.6 Å². The molecular formula is C21H29N5O2. The van der Waals surface area contributed by atoms with Gasteiger partial charge in [-0.2, -0.15) is 5.10 Å². The van der Waals surface area contributed by atoms with E-state index >= 15 is 0 Å². The van der Waals surface area contributed by atoms with Gasteiger partial charge < -0.3 is 15.0 Å². The maximum absolute atomic E-state index is 12.9. The summed E-state index contributed by atoms with van der Waals surface area (Å²) in [4.78, 5) is 19.3. The van der Waals surface area contributed by atoms with E-state index in [0.29, 0.717) is 18.3 Å². The van der Waals surface area contributed by atoms with E-state index in [4.69, 9.17) is 4.74 Å². The van der Waals surface area contributed by atoms with Gasteiger partial charge >= 0.3 is 0 Å². The first-order valence-corrected chi connectivity index (χ1v) is 10.0. The maximum Gasteiger partial charge on any atom is 0.227 e. The summed E-state index contributed by atoms with van der Waals surface area (Å²) in [6.07, 6.45) is 6.29. The quantitative estimate of drug-likeness (QED) is 0.855. The highest BCUT2D eigenvalue weighted by atomic mass is 16.5. The molecule has 3 heterocycles. The van der Waals surface area contributed by atoms with Crippen molar-refractivity contribution < 1.29 is 9.53 Å². The minimum Gasteiger partial charge on any atom is -0.379 e. The van der Waals surface area contributed by atoms with Crippen LogP contribution in [0.2, 0.25) is 0 Å². The lowest BCUT2D eigenvalue weighted by molar-refractivity contribution is -0.129. The Kier molecular flexibility index (Phi) is 5.35. The summed E-state index contributed by atoms with van der Waals surface area (Å²) in [6.45, 7) is 3.63. The molecule has 0 unspecified atom stereocenters. The first-order chi connectivity index (χ1) is 13.5. The van der Waals surface area contributed by atoms with Crippen LogP contribution in [0.5, 0.6) is 0 Å². The Morgan fingerprint density at radius 2 is 2.07 bits per heavy atom. The molecule has 4 rings (SSSR count). The van der Waals surface area contributed by atoms with Gasteiger partial charge in [0.1, 0.15) is 5.82 Å². The smallest absolute Gasteiger partial charge is 0.227 e. The predicted molar refractivity (Wildman–Crippen MR) is 107 cm³/mol. The highest BCUT2D eigenvalue weighted by molar-refractivity contribution is 5.79. The van der Waals surface area contributed by atoms with Crippen molar-refractivity contribution in [2.75, 3.05) is 25.5 Å². The fourth-order valence-corrected chi connectivity index (χ4v) is 4.76. The zero-order chi connectivity index (χ0) is 19.7. The average Bonchev–Trinajstić information content (AvgIpc) is 3.24. The number of hydrogen-bond donors (Lipinski definition) is 1. The van der Waals surface area contributed by atoms with E-state index < -0.39 is 0 Å². The minimum atomic E-state index is 0.138. The summed E-state index contributed by atoms with van der Waals surface area (Å²) in [5, 5.41) is 7.89. The number of likely N-dealkylation sites (tertiary alicyclic amines) is 1. The number of hydrogen-bond acceptors (Lipinski definition) is 5. The largest absolute Gasteiger partial charge is 0.379 e. The van der Waals surface area contributed by atoms with Crippen molar-refractivity contribution in [2.45, 2.75) is 38.3 Å². The molecular weight excluding hydrogens is 354 g/mol. The molecule has 7 heteroatoms. The molecule has 1 saturated carbocycles. The molecule has 2 fully saturated rings. The third-order valence-electron chi connectivity index (χ3n) is 6.23. The number of nitrogens with one attached hydrogen (secondary N) is 1. The Morgan fingerprint density at radius 3 is 2.71 bits per heavy atom. The molecule has 1 aliphatic carbocycles. The summed E-state index contributed by atoms with van der Waals surface area (Å²) in [5.74, 6) is 2.09. The highest BCUT2D eigenvalue weighted by Gasteiger charge is 2.43. The van der Waals surface area contributed by atoms with Crippen LogP contribution in [0.4, 0.5) is 5.82 Å². The number of carbonyl (C=O) groups is 1. The van der Waals surface area contributed by atoms with E-state index in [1.165, 1.54) is 0 Å². The van der Waals surface area contributed by atoms with Crippen LogP contribution >= 0.6 is 0 Å². The van der Waals surface area contributed by atoms with Crippen LogP contribution < -0.4 is 5.32 Å². The number of fused-ring (bicyclic) bond motifs is 1. The van der Waals surface area contributed by atoms with Gasteiger partial charge in [0, 0.05) is 45.2 Å². The normalized spacial score (nSPS) is 26.9. The van der Waals surface area contributed by atoms with Gasteiger partial charge in [-0.15, -0.1) is 0 Å². The second-order valence-electron chi connectivity index (χ2n) is 8.12. The molecule has 0 aromatic carbocycles. The first-order valence-electron chi connectivity index (χ1n) is 10.0. The standard InChI is InChI=1S/C21H29N5O2/c1-14-15(11-25(2)24-14)10-21(27)26-12-16-8-18(19(28-3)9-17(16)13-26)23-20-6-4-5-7-22-20/h4-7,11,16-19H,8-10,12-13H2,1-3H3,(H,22,23)/t16-,17+,18-,19-/m1/s1. The van der Waals surface area contributed by atoms with E-state index in [9.17, 15) is 4.79 Å². The zero-order valence-electron chi connectivity index (χ0n) is 16.8. The molecule has 4 atom stereocenters. The topological polar surface area (TPSA) is 72.3 Å². The van der Waals surface area contributed by atoms with Crippen LogP contribution in [-0.4, -0.2) is 57.9 Å².